The van der Waals surface area contributed by atoms with Gasteiger partial charge in [-0.1, -0.05) is 60.7 Å². The minimum absolute atomic E-state index is 0.0716. The fraction of sp³-hybridized carbons (Fsp3) is 0.259. The summed E-state index contributed by atoms with van der Waals surface area (Å²) in [5.41, 5.74) is 3.43. The molecule has 0 saturated heterocycles. The van der Waals surface area contributed by atoms with Gasteiger partial charge in [-0.2, -0.15) is 4.72 Å². The second kappa shape index (κ2) is 11.3. The van der Waals surface area contributed by atoms with Crippen LogP contribution in [0.3, 0.4) is 0 Å². The highest BCUT2D eigenvalue weighted by molar-refractivity contribution is 7.89. The molecule has 1 aliphatic heterocycles. The number of carbonyl (C=O) groups is 2. The van der Waals surface area contributed by atoms with E-state index >= 15 is 0 Å². The van der Waals surface area contributed by atoms with Gasteiger partial charge in [-0.25, -0.2) is 8.42 Å². The van der Waals surface area contributed by atoms with E-state index < -0.39 is 16.1 Å². The van der Waals surface area contributed by atoms with Crippen LogP contribution in [0.1, 0.15) is 29.5 Å². The molecule has 1 unspecified atom stereocenters. The summed E-state index contributed by atoms with van der Waals surface area (Å²) in [6.07, 6.45) is 2.58. The average Bonchev–Trinajstić information content (AvgIpc) is 2.87. The number of aryl methyl sites for hydroxylation is 2. The lowest BCUT2D eigenvalue weighted by Gasteiger charge is -2.21. The summed E-state index contributed by atoms with van der Waals surface area (Å²) in [6.45, 7) is 0.444. The van der Waals surface area contributed by atoms with Gasteiger partial charge in [0.25, 0.3) is 0 Å². The number of benzene rings is 3. The number of sulfonamides is 1. The molecule has 1 atom stereocenters. The molecule has 3 aromatic rings. The molecule has 2 amide bonds. The molecule has 182 valence electrons. The summed E-state index contributed by atoms with van der Waals surface area (Å²) in [7, 11) is -3.97. The van der Waals surface area contributed by atoms with E-state index in [1.807, 2.05) is 60.7 Å². The van der Waals surface area contributed by atoms with Crippen LogP contribution in [0.15, 0.2) is 83.8 Å². The average molecular weight is 492 g/mol. The van der Waals surface area contributed by atoms with Crippen LogP contribution in [0.25, 0.3) is 0 Å². The van der Waals surface area contributed by atoms with Crippen LogP contribution in [0.4, 0.5) is 5.69 Å². The monoisotopic (exact) mass is 491 g/mol. The topological polar surface area (TPSA) is 104 Å². The predicted octanol–water partition coefficient (Wildman–Crippen LogP) is 3.21. The third kappa shape index (κ3) is 6.77. The quantitative estimate of drug-likeness (QED) is 0.379. The Morgan fingerprint density at radius 2 is 1.60 bits per heavy atom. The first-order valence-electron chi connectivity index (χ1n) is 11.7. The molecule has 0 spiro atoms. The number of fused-ring (bicyclic) bond motifs is 1. The minimum atomic E-state index is -3.97. The normalized spacial score (nSPS) is 14.0. The van der Waals surface area contributed by atoms with Crippen molar-refractivity contribution in [2.45, 2.75) is 43.0 Å². The Bertz CT molecular complexity index is 1280. The lowest BCUT2D eigenvalue weighted by Crippen LogP contribution is -2.48. The summed E-state index contributed by atoms with van der Waals surface area (Å²) in [4.78, 5) is 24.7. The highest BCUT2D eigenvalue weighted by Crippen LogP contribution is 2.25. The molecule has 1 aliphatic rings. The summed E-state index contributed by atoms with van der Waals surface area (Å²) >= 11 is 0. The second-order valence-corrected chi connectivity index (χ2v) is 10.3. The van der Waals surface area contributed by atoms with Crippen molar-refractivity contribution in [1.82, 2.24) is 10.0 Å². The van der Waals surface area contributed by atoms with E-state index in [0.29, 0.717) is 25.1 Å². The Hall–Kier alpha value is -3.49. The maximum absolute atomic E-state index is 13.2. The zero-order valence-corrected chi connectivity index (χ0v) is 20.2. The first-order valence-corrected chi connectivity index (χ1v) is 13.2. The van der Waals surface area contributed by atoms with Gasteiger partial charge in [-0.05, 0) is 60.6 Å². The van der Waals surface area contributed by atoms with Crippen molar-refractivity contribution in [3.63, 3.8) is 0 Å². The van der Waals surface area contributed by atoms with Gasteiger partial charge in [0.1, 0.15) is 6.04 Å². The van der Waals surface area contributed by atoms with Gasteiger partial charge in [0.15, 0.2) is 0 Å². The Morgan fingerprint density at radius 1 is 0.914 bits per heavy atom. The van der Waals surface area contributed by atoms with Crippen molar-refractivity contribution in [3.8, 4) is 0 Å². The molecule has 3 N–H and O–H groups in total. The molecule has 3 aromatic carbocycles. The van der Waals surface area contributed by atoms with Crippen LogP contribution in [-0.4, -0.2) is 32.8 Å². The maximum atomic E-state index is 13.2. The number of nitrogens with one attached hydrogen (secondary N) is 3. The van der Waals surface area contributed by atoms with Crippen LogP contribution in [0.2, 0.25) is 0 Å². The van der Waals surface area contributed by atoms with Gasteiger partial charge in [-0.15, -0.1) is 0 Å². The third-order valence-electron chi connectivity index (χ3n) is 5.96. The first kappa shape index (κ1) is 24.6. The molecule has 0 fully saturated rings. The van der Waals surface area contributed by atoms with Crippen molar-refractivity contribution < 1.29 is 18.0 Å². The Labute approximate surface area is 206 Å². The lowest BCUT2D eigenvalue weighted by atomic mass is 10.0. The molecule has 7 nitrogen and oxygen atoms in total. The molecule has 35 heavy (non-hydrogen) atoms. The van der Waals surface area contributed by atoms with E-state index in [2.05, 4.69) is 15.4 Å². The molecule has 4 rings (SSSR count). The summed E-state index contributed by atoms with van der Waals surface area (Å²) in [5.74, 6) is -0.450. The summed E-state index contributed by atoms with van der Waals surface area (Å²) < 4.78 is 29.1. The van der Waals surface area contributed by atoms with Crippen LogP contribution in [0.5, 0.6) is 0 Å². The molecule has 0 aromatic heterocycles. The highest BCUT2D eigenvalue weighted by Gasteiger charge is 2.27. The fourth-order valence-corrected chi connectivity index (χ4v) is 5.34. The highest BCUT2D eigenvalue weighted by atomic mass is 32.2. The maximum Gasteiger partial charge on any atom is 0.241 e. The molecule has 0 aliphatic carbocycles. The van der Waals surface area contributed by atoms with Crippen molar-refractivity contribution in [2.24, 2.45) is 0 Å². The van der Waals surface area contributed by atoms with Crippen LogP contribution in [0, 0.1) is 0 Å². The van der Waals surface area contributed by atoms with Crippen LogP contribution < -0.4 is 15.4 Å². The third-order valence-corrected chi connectivity index (χ3v) is 7.43. The zero-order chi connectivity index (χ0) is 24.7. The van der Waals surface area contributed by atoms with Crippen molar-refractivity contribution in [2.75, 3.05) is 11.9 Å². The van der Waals surface area contributed by atoms with E-state index in [0.717, 1.165) is 24.0 Å². The molecule has 0 radical (unpaired) electrons. The van der Waals surface area contributed by atoms with E-state index in [9.17, 15) is 18.0 Å². The van der Waals surface area contributed by atoms with Crippen molar-refractivity contribution in [3.05, 3.63) is 95.6 Å². The van der Waals surface area contributed by atoms with E-state index in [1.165, 1.54) is 11.6 Å². The van der Waals surface area contributed by atoms with E-state index in [-0.39, 0.29) is 23.1 Å². The second-order valence-electron chi connectivity index (χ2n) is 8.61. The van der Waals surface area contributed by atoms with Gasteiger partial charge in [0, 0.05) is 18.7 Å². The Morgan fingerprint density at radius 3 is 2.31 bits per heavy atom. The van der Waals surface area contributed by atoms with Gasteiger partial charge < -0.3 is 10.6 Å². The standard InChI is InChI=1S/C27H29N3O4S/c31-26-16-13-22-19-23(14-15-24(22)29-26)35(33,34)30-25(18-21-10-5-2-6-11-21)27(32)28-17-7-12-20-8-3-1-4-9-20/h1-6,8-11,14-15,19,25,30H,7,12-13,16-18H2,(H,28,32)(H,29,31). The number of hydrogen-bond acceptors (Lipinski definition) is 4. The van der Waals surface area contributed by atoms with Gasteiger partial charge in [0.2, 0.25) is 21.8 Å². The zero-order valence-electron chi connectivity index (χ0n) is 19.4. The molecular formula is C27H29N3O4S. The fourth-order valence-electron chi connectivity index (χ4n) is 4.09. The predicted molar refractivity (Wildman–Crippen MR) is 135 cm³/mol. The number of carbonyl (C=O) groups excluding carboxylic acids is 2. The van der Waals surface area contributed by atoms with Gasteiger partial charge in [-0.3, -0.25) is 9.59 Å². The van der Waals surface area contributed by atoms with Crippen molar-refractivity contribution >= 4 is 27.5 Å². The molecule has 8 heteroatoms. The number of hydrogen-bond donors (Lipinski definition) is 3. The van der Waals surface area contributed by atoms with Crippen LogP contribution >= 0.6 is 0 Å². The van der Waals surface area contributed by atoms with Gasteiger partial charge >= 0.3 is 0 Å². The lowest BCUT2D eigenvalue weighted by molar-refractivity contribution is -0.122. The molecule has 0 saturated carbocycles. The molecular weight excluding hydrogens is 462 g/mol. The number of rotatable bonds is 10. The number of anilines is 1. The summed E-state index contributed by atoms with van der Waals surface area (Å²) in [6, 6.07) is 23.0. The Balaban J connectivity index is 1.45. The molecule has 1 heterocycles. The van der Waals surface area contributed by atoms with E-state index in [1.54, 1.807) is 12.1 Å². The molecule has 0 bridgehead atoms. The van der Waals surface area contributed by atoms with Gasteiger partial charge in [0.05, 0.1) is 4.90 Å². The van der Waals surface area contributed by atoms with Crippen molar-refractivity contribution in [1.29, 1.82) is 0 Å². The SMILES string of the molecule is O=C1CCc2cc(S(=O)(=O)NC(Cc3ccccc3)C(=O)NCCCc3ccccc3)ccc2N1. The summed E-state index contributed by atoms with van der Waals surface area (Å²) in [5, 5.41) is 5.64. The number of amides is 2. The van der Waals surface area contributed by atoms with E-state index in [4.69, 9.17) is 0 Å². The van der Waals surface area contributed by atoms with Crippen LogP contribution in [-0.2, 0) is 38.9 Å². The largest absolute Gasteiger partial charge is 0.355 e. The first-order chi connectivity index (χ1) is 16.9. The minimum Gasteiger partial charge on any atom is -0.355 e. The Kier molecular flexibility index (Phi) is 7.94. The smallest absolute Gasteiger partial charge is 0.241 e.